The van der Waals surface area contributed by atoms with E-state index in [9.17, 15) is 5.11 Å². The van der Waals surface area contributed by atoms with Crippen LogP contribution in [0, 0.1) is 5.41 Å². The van der Waals surface area contributed by atoms with Gasteiger partial charge in [-0.25, -0.2) is 0 Å². The fourth-order valence-corrected chi connectivity index (χ4v) is 2.49. The van der Waals surface area contributed by atoms with Crippen molar-refractivity contribution in [3.05, 3.63) is 24.3 Å². The summed E-state index contributed by atoms with van der Waals surface area (Å²) in [6.45, 7) is 1.21. The first kappa shape index (κ1) is 12.2. The summed E-state index contributed by atoms with van der Waals surface area (Å²) in [6.07, 6.45) is 3.52. The Morgan fingerprint density at radius 1 is 1.41 bits per heavy atom. The lowest BCUT2D eigenvalue weighted by molar-refractivity contribution is 0.0524. The van der Waals surface area contributed by atoms with Gasteiger partial charge in [0.2, 0.25) is 0 Å². The maximum atomic E-state index is 9.48. The molecular formula is C14H21NO2. The smallest absolute Gasteiger partial charge is 0.120 e. The number of hydrogen-bond acceptors (Lipinski definition) is 3. The van der Waals surface area contributed by atoms with Gasteiger partial charge in [-0.2, -0.15) is 0 Å². The Hall–Kier alpha value is -1.22. The largest absolute Gasteiger partial charge is 0.497 e. The molecule has 0 heterocycles. The van der Waals surface area contributed by atoms with E-state index in [4.69, 9.17) is 4.74 Å². The minimum absolute atomic E-state index is 0.123. The fourth-order valence-electron chi connectivity index (χ4n) is 2.49. The molecule has 0 bridgehead atoms. The van der Waals surface area contributed by atoms with Crippen LogP contribution in [0.2, 0.25) is 0 Å². The van der Waals surface area contributed by atoms with Gasteiger partial charge in [0.1, 0.15) is 5.75 Å². The highest BCUT2D eigenvalue weighted by molar-refractivity contribution is 5.50. The zero-order chi connectivity index (χ0) is 12.3. The Morgan fingerprint density at radius 2 is 2.18 bits per heavy atom. The number of aliphatic hydroxyl groups excluding tert-OH is 1. The van der Waals surface area contributed by atoms with Gasteiger partial charge < -0.3 is 14.7 Å². The van der Waals surface area contributed by atoms with Crippen LogP contribution < -0.4 is 9.64 Å². The van der Waals surface area contributed by atoms with E-state index < -0.39 is 0 Å². The number of ether oxygens (including phenoxy) is 1. The predicted molar refractivity (Wildman–Crippen MR) is 69.6 cm³/mol. The van der Waals surface area contributed by atoms with Crippen LogP contribution in [0.1, 0.15) is 19.3 Å². The average Bonchev–Trinajstić information content (AvgIpc) is 2.33. The lowest BCUT2D eigenvalue weighted by Crippen LogP contribution is -2.43. The minimum Gasteiger partial charge on any atom is -0.497 e. The van der Waals surface area contributed by atoms with E-state index in [1.54, 1.807) is 7.11 Å². The van der Waals surface area contributed by atoms with Crippen LogP contribution >= 0.6 is 0 Å². The summed E-state index contributed by atoms with van der Waals surface area (Å²) < 4.78 is 5.23. The molecule has 1 saturated carbocycles. The Morgan fingerprint density at radius 3 is 2.71 bits per heavy atom. The van der Waals surface area contributed by atoms with Gasteiger partial charge in [-0.3, -0.25) is 0 Å². The molecule has 0 aliphatic heterocycles. The summed E-state index contributed by atoms with van der Waals surface area (Å²) >= 11 is 0. The van der Waals surface area contributed by atoms with Gasteiger partial charge in [0.15, 0.2) is 0 Å². The summed E-state index contributed by atoms with van der Waals surface area (Å²) in [4.78, 5) is 2.21. The minimum atomic E-state index is 0.123. The highest BCUT2D eigenvalue weighted by atomic mass is 16.5. The molecule has 3 heteroatoms. The van der Waals surface area contributed by atoms with E-state index in [-0.39, 0.29) is 5.41 Å². The van der Waals surface area contributed by atoms with Crippen LogP contribution in [0.5, 0.6) is 5.75 Å². The molecule has 1 fully saturated rings. The number of hydrogen-bond donors (Lipinski definition) is 1. The topological polar surface area (TPSA) is 32.7 Å². The lowest BCUT2D eigenvalue weighted by Gasteiger charge is -2.43. The number of anilines is 1. The molecule has 0 aromatic heterocycles. The molecule has 1 aromatic carbocycles. The first-order valence-electron chi connectivity index (χ1n) is 6.15. The van der Waals surface area contributed by atoms with Gasteiger partial charge >= 0.3 is 0 Å². The molecule has 2 rings (SSSR count). The monoisotopic (exact) mass is 235 g/mol. The predicted octanol–water partition coefficient (Wildman–Crippen LogP) is 2.29. The molecule has 0 atom stereocenters. The van der Waals surface area contributed by atoms with Crippen molar-refractivity contribution >= 4 is 5.69 Å². The SMILES string of the molecule is COc1cccc(N(C)CC2(CO)CCC2)c1. The Bertz CT molecular complexity index is 369. The number of methoxy groups -OCH3 is 1. The zero-order valence-electron chi connectivity index (χ0n) is 10.6. The molecule has 17 heavy (non-hydrogen) atoms. The Labute approximate surface area is 103 Å². The maximum Gasteiger partial charge on any atom is 0.120 e. The van der Waals surface area contributed by atoms with E-state index in [2.05, 4.69) is 18.0 Å². The van der Waals surface area contributed by atoms with Crippen molar-refractivity contribution in [1.82, 2.24) is 0 Å². The van der Waals surface area contributed by atoms with Crippen LogP contribution in [0.25, 0.3) is 0 Å². The molecule has 94 valence electrons. The Balaban J connectivity index is 2.05. The van der Waals surface area contributed by atoms with Crippen LogP contribution in [0.15, 0.2) is 24.3 Å². The first-order valence-corrected chi connectivity index (χ1v) is 6.15. The number of benzene rings is 1. The van der Waals surface area contributed by atoms with Crippen LogP contribution in [0.3, 0.4) is 0 Å². The summed E-state index contributed by atoms with van der Waals surface area (Å²) in [5, 5.41) is 9.48. The van der Waals surface area contributed by atoms with Crippen LogP contribution in [-0.4, -0.2) is 32.4 Å². The van der Waals surface area contributed by atoms with Gasteiger partial charge in [0.25, 0.3) is 0 Å². The standard InChI is InChI=1S/C14H21NO2/c1-15(10-14(11-16)7-4-8-14)12-5-3-6-13(9-12)17-2/h3,5-6,9,16H,4,7-8,10-11H2,1-2H3. The number of nitrogens with zero attached hydrogens (tertiary/aromatic N) is 1. The van der Waals surface area contributed by atoms with Crippen molar-refractivity contribution in [2.75, 3.05) is 32.2 Å². The third-order valence-electron chi connectivity index (χ3n) is 3.82. The highest BCUT2D eigenvalue weighted by Gasteiger charge is 2.37. The average molecular weight is 235 g/mol. The molecule has 3 nitrogen and oxygen atoms in total. The van der Waals surface area contributed by atoms with Crippen molar-refractivity contribution in [3.8, 4) is 5.75 Å². The number of aliphatic hydroxyl groups is 1. The van der Waals surface area contributed by atoms with E-state index in [0.717, 1.165) is 30.8 Å². The van der Waals surface area contributed by atoms with Crippen molar-refractivity contribution in [1.29, 1.82) is 0 Å². The van der Waals surface area contributed by atoms with Crippen LogP contribution in [-0.2, 0) is 0 Å². The van der Waals surface area contributed by atoms with Crippen molar-refractivity contribution < 1.29 is 9.84 Å². The molecule has 1 aromatic rings. The molecule has 0 spiro atoms. The van der Waals surface area contributed by atoms with Crippen molar-refractivity contribution in [3.63, 3.8) is 0 Å². The van der Waals surface area contributed by atoms with Gasteiger partial charge in [0.05, 0.1) is 13.7 Å². The van der Waals surface area contributed by atoms with Gasteiger partial charge in [-0.15, -0.1) is 0 Å². The molecule has 0 radical (unpaired) electrons. The summed E-state index contributed by atoms with van der Waals surface area (Å²) in [6, 6.07) is 8.05. The normalized spacial score (nSPS) is 17.4. The van der Waals surface area contributed by atoms with E-state index in [0.29, 0.717) is 6.61 Å². The fraction of sp³-hybridized carbons (Fsp3) is 0.571. The van der Waals surface area contributed by atoms with Crippen molar-refractivity contribution in [2.24, 2.45) is 5.41 Å². The van der Waals surface area contributed by atoms with Crippen LogP contribution in [0.4, 0.5) is 5.69 Å². The van der Waals surface area contributed by atoms with E-state index >= 15 is 0 Å². The second-order valence-corrected chi connectivity index (χ2v) is 5.07. The first-order chi connectivity index (χ1) is 8.19. The lowest BCUT2D eigenvalue weighted by atomic mass is 9.69. The highest BCUT2D eigenvalue weighted by Crippen LogP contribution is 2.41. The third kappa shape index (κ3) is 2.55. The van der Waals surface area contributed by atoms with E-state index in [1.165, 1.54) is 6.42 Å². The second kappa shape index (κ2) is 4.96. The molecular weight excluding hydrogens is 214 g/mol. The summed E-state index contributed by atoms with van der Waals surface area (Å²) in [5.74, 6) is 0.876. The quantitative estimate of drug-likeness (QED) is 0.850. The molecule has 1 N–H and O–H groups in total. The van der Waals surface area contributed by atoms with Gasteiger partial charge in [-0.05, 0) is 25.0 Å². The molecule has 0 unspecified atom stereocenters. The number of rotatable bonds is 5. The Kier molecular flexibility index (Phi) is 3.57. The van der Waals surface area contributed by atoms with Gasteiger partial charge in [0, 0.05) is 30.8 Å². The van der Waals surface area contributed by atoms with E-state index in [1.807, 2.05) is 18.2 Å². The zero-order valence-corrected chi connectivity index (χ0v) is 10.6. The van der Waals surface area contributed by atoms with Crippen molar-refractivity contribution in [2.45, 2.75) is 19.3 Å². The third-order valence-corrected chi connectivity index (χ3v) is 3.82. The molecule has 1 aliphatic carbocycles. The summed E-state index contributed by atoms with van der Waals surface area (Å²) in [7, 11) is 3.75. The molecule has 0 amide bonds. The van der Waals surface area contributed by atoms with Gasteiger partial charge in [-0.1, -0.05) is 12.5 Å². The molecule has 1 aliphatic rings. The molecule has 0 saturated heterocycles. The second-order valence-electron chi connectivity index (χ2n) is 5.07. The summed E-state index contributed by atoms with van der Waals surface area (Å²) in [5.41, 5.74) is 1.27. The maximum absolute atomic E-state index is 9.48.